The van der Waals surface area contributed by atoms with Gasteiger partial charge < -0.3 is 10.6 Å². The highest BCUT2D eigenvalue weighted by atomic mass is 35.5. The number of amides is 1. The normalized spacial score (nSPS) is 10.5. The Bertz CT molecular complexity index is 581. The molecule has 0 saturated carbocycles. The van der Waals surface area contributed by atoms with Crippen LogP contribution in [-0.2, 0) is 6.42 Å². The van der Waals surface area contributed by atoms with Crippen LogP contribution in [0.1, 0.15) is 15.9 Å². The van der Waals surface area contributed by atoms with Crippen LogP contribution in [0.3, 0.4) is 0 Å². The summed E-state index contributed by atoms with van der Waals surface area (Å²) in [5, 5.41) is 2.27. The zero-order valence-electron chi connectivity index (χ0n) is 11.2. The van der Waals surface area contributed by atoms with Gasteiger partial charge in [-0.25, -0.2) is 0 Å². The molecule has 0 atom stereocenters. The van der Waals surface area contributed by atoms with Crippen LogP contribution in [0.4, 0.5) is 0 Å². The first-order valence-electron chi connectivity index (χ1n) is 6.05. The van der Waals surface area contributed by atoms with Gasteiger partial charge in [0.05, 0.1) is 0 Å². The molecule has 2 aromatic carbocycles. The topological polar surface area (TPSA) is 46.3 Å². The summed E-state index contributed by atoms with van der Waals surface area (Å²) in [7, 11) is 4.05. The Morgan fingerprint density at radius 3 is 2.47 bits per heavy atom. The number of hydrogen-bond donors (Lipinski definition) is 1. The molecule has 0 aromatic heterocycles. The van der Waals surface area contributed by atoms with Crippen LogP contribution in [0.15, 0.2) is 36.4 Å². The Kier molecular flexibility index (Phi) is 5.33. The van der Waals surface area contributed by atoms with E-state index >= 15 is 0 Å². The third-order valence-electron chi connectivity index (χ3n) is 3.12. The predicted molar refractivity (Wildman–Crippen MR) is 82.0 cm³/mol. The number of rotatable bonds is 4. The van der Waals surface area contributed by atoms with E-state index in [2.05, 4.69) is 11.0 Å². The van der Waals surface area contributed by atoms with Crippen LogP contribution in [0.2, 0.25) is 0 Å². The Hall–Kier alpha value is -1.58. The second-order valence-corrected chi connectivity index (χ2v) is 4.73. The van der Waals surface area contributed by atoms with Gasteiger partial charge in [-0.15, -0.1) is 12.4 Å². The van der Waals surface area contributed by atoms with Crippen LogP contribution in [-0.4, -0.2) is 31.4 Å². The highest BCUT2D eigenvalue weighted by Crippen LogP contribution is 2.23. The molecule has 0 aliphatic carbocycles. The van der Waals surface area contributed by atoms with E-state index in [0.29, 0.717) is 5.56 Å². The number of fused-ring (bicyclic) bond motifs is 1. The van der Waals surface area contributed by atoms with E-state index < -0.39 is 0 Å². The number of carbonyl (C=O) groups is 1. The molecule has 0 unspecified atom stereocenters. The molecule has 102 valence electrons. The van der Waals surface area contributed by atoms with Crippen molar-refractivity contribution in [2.24, 2.45) is 5.73 Å². The minimum absolute atomic E-state index is 0. The number of nitrogens with two attached hydrogens (primary N) is 1. The molecule has 2 rings (SSSR count). The minimum Gasteiger partial charge on any atom is -0.366 e. The molecule has 0 spiro atoms. The quantitative estimate of drug-likeness (QED) is 0.934. The molecule has 0 fully saturated rings. The number of hydrogen-bond acceptors (Lipinski definition) is 2. The van der Waals surface area contributed by atoms with Crippen molar-refractivity contribution in [2.45, 2.75) is 6.42 Å². The van der Waals surface area contributed by atoms with E-state index in [1.807, 2.05) is 44.4 Å². The number of halogens is 1. The van der Waals surface area contributed by atoms with Crippen molar-refractivity contribution in [3.63, 3.8) is 0 Å². The highest BCUT2D eigenvalue weighted by Gasteiger charge is 2.11. The first-order chi connectivity index (χ1) is 8.59. The molecule has 0 aliphatic rings. The van der Waals surface area contributed by atoms with Crippen LogP contribution >= 0.6 is 12.4 Å². The molecule has 0 heterocycles. The van der Waals surface area contributed by atoms with Gasteiger partial charge in [-0.1, -0.05) is 30.3 Å². The summed E-state index contributed by atoms with van der Waals surface area (Å²) in [5.74, 6) is -0.352. The smallest absolute Gasteiger partial charge is 0.248 e. The second-order valence-electron chi connectivity index (χ2n) is 4.73. The van der Waals surface area contributed by atoms with E-state index in [1.165, 1.54) is 0 Å². The standard InChI is InChI=1S/C15H18N2O.ClH/c1-17(2)10-9-13-12-6-4-3-5-11(12)7-8-14(13)15(16)18;/h3-8H,9-10H2,1-2H3,(H2,16,18);1H. The van der Waals surface area contributed by atoms with Gasteiger partial charge in [-0.3, -0.25) is 4.79 Å². The number of likely N-dealkylation sites (N-methyl/N-ethyl adjacent to an activating group) is 1. The van der Waals surface area contributed by atoms with Gasteiger partial charge in [0.1, 0.15) is 0 Å². The summed E-state index contributed by atoms with van der Waals surface area (Å²) in [6.07, 6.45) is 0.826. The molecular weight excluding hydrogens is 260 g/mol. The third kappa shape index (κ3) is 3.46. The second kappa shape index (κ2) is 6.55. The molecule has 2 aromatic rings. The SMILES string of the molecule is CN(C)CCc1c(C(N)=O)ccc2ccccc12.Cl. The van der Waals surface area contributed by atoms with Crippen molar-refractivity contribution in [1.82, 2.24) is 4.90 Å². The van der Waals surface area contributed by atoms with Gasteiger partial charge in [0, 0.05) is 12.1 Å². The van der Waals surface area contributed by atoms with Gasteiger partial charge in [0.25, 0.3) is 0 Å². The number of benzene rings is 2. The Morgan fingerprint density at radius 1 is 1.16 bits per heavy atom. The first kappa shape index (κ1) is 15.5. The molecule has 0 saturated heterocycles. The molecule has 4 heteroatoms. The minimum atomic E-state index is -0.352. The number of nitrogens with zero attached hydrogens (tertiary/aromatic N) is 1. The molecule has 2 N–H and O–H groups in total. The van der Waals surface area contributed by atoms with E-state index in [1.54, 1.807) is 0 Å². The average Bonchev–Trinajstić information content (AvgIpc) is 2.35. The lowest BCUT2D eigenvalue weighted by atomic mass is 9.96. The van der Waals surface area contributed by atoms with Gasteiger partial charge in [0.15, 0.2) is 0 Å². The Labute approximate surface area is 119 Å². The monoisotopic (exact) mass is 278 g/mol. The van der Waals surface area contributed by atoms with Crippen LogP contribution in [0.25, 0.3) is 10.8 Å². The Morgan fingerprint density at radius 2 is 1.84 bits per heavy atom. The van der Waals surface area contributed by atoms with Crippen LogP contribution in [0.5, 0.6) is 0 Å². The maximum absolute atomic E-state index is 11.5. The van der Waals surface area contributed by atoms with Gasteiger partial charge in [-0.2, -0.15) is 0 Å². The summed E-state index contributed by atoms with van der Waals surface area (Å²) >= 11 is 0. The molecule has 19 heavy (non-hydrogen) atoms. The highest BCUT2D eigenvalue weighted by molar-refractivity contribution is 6.00. The van der Waals surface area contributed by atoms with Crippen LogP contribution in [0, 0.1) is 0 Å². The van der Waals surface area contributed by atoms with Crippen molar-refractivity contribution in [3.8, 4) is 0 Å². The molecule has 0 bridgehead atoms. The molecule has 3 nitrogen and oxygen atoms in total. The molecular formula is C15H19ClN2O. The third-order valence-corrected chi connectivity index (χ3v) is 3.12. The van der Waals surface area contributed by atoms with Crippen molar-refractivity contribution >= 4 is 29.1 Å². The molecule has 0 radical (unpaired) electrons. The van der Waals surface area contributed by atoms with Gasteiger partial charge >= 0.3 is 0 Å². The predicted octanol–water partition coefficient (Wildman–Crippen LogP) is 2.46. The van der Waals surface area contributed by atoms with Crippen molar-refractivity contribution in [2.75, 3.05) is 20.6 Å². The maximum atomic E-state index is 11.5. The maximum Gasteiger partial charge on any atom is 0.248 e. The summed E-state index contributed by atoms with van der Waals surface area (Å²) in [6, 6.07) is 11.9. The van der Waals surface area contributed by atoms with E-state index in [9.17, 15) is 4.79 Å². The Balaban J connectivity index is 0.00000180. The lowest BCUT2D eigenvalue weighted by molar-refractivity contribution is 0.0999. The van der Waals surface area contributed by atoms with E-state index in [-0.39, 0.29) is 18.3 Å². The van der Waals surface area contributed by atoms with Gasteiger partial charge in [0.2, 0.25) is 5.91 Å². The molecule has 1 amide bonds. The summed E-state index contributed by atoms with van der Waals surface area (Å²) in [4.78, 5) is 13.6. The lowest BCUT2D eigenvalue weighted by Crippen LogP contribution is -2.19. The van der Waals surface area contributed by atoms with Crippen molar-refractivity contribution in [1.29, 1.82) is 0 Å². The fourth-order valence-corrected chi connectivity index (χ4v) is 2.17. The molecule has 0 aliphatic heterocycles. The van der Waals surface area contributed by atoms with Gasteiger partial charge in [-0.05, 0) is 42.9 Å². The summed E-state index contributed by atoms with van der Waals surface area (Å²) in [6.45, 7) is 0.897. The van der Waals surface area contributed by atoms with Crippen molar-refractivity contribution in [3.05, 3.63) is 47.5 Å². The lowest BCUT2D eigenvalue weighted by Gasteiger charge is -2.14. The number of carbonyl (C=O) groups excluding carboxylic acids is 1. The zero-order valence-corrected chi connectivity index (χ0v) is 12.0. The summed E-state index contributed by atoms with van der Waals surface area (Å²) in [5.41, 5.74) is 7.14. The van der Waals surface area contributed by atoms with E-state index in [4.69, 9.17) is 5.73 Å². The average molecular weight is 279 g/mol. The first-order valence-corrected chi connectivity index (χ1v) is 6.05. The summed E-state index contributed by atoms with van der Waals surface area (Å²) < 4.78 is 0. The zero-order chi connectivity index (χ0) is 13.1. The number of primary amides is 1. The van der Waals surface area contributed by atoms with Crippen LogP contribution < -0.4 is 5.73 Å². The fraction of sp³-hybridized carbons (Fsp3) is 0.267. The van der Waals surface area contributed by atoms with E-state index in [0.717, 1.165) is 29.3 Å². The van der Waals surface area contributed by atoms with Crippen molar-refractivity contribution < 1.29 is 4.79 Å². The fourth-order valence-electron chi connectivity index (χ4n) is 2.17. The largest absolute Gasteiger partial charge is 0.366 e.